The van der Waals surface area contributed by atoms with Crippen LogP contribution in [-0.2, 0) is 0 Å². The molecule has 0 fully saturated rings. The Morgan fingerprint density at radius 1 is 0.920 bits per heavy atom. The minimum Gasteiger partial charge on any atom is -0.486 e. The van der Waals surface area contributed by atoms with Gasteiger partial charge in [-0.15, -0.1) is 0 Å². The molecule has 25 heavy (non-hydrogen) atoms. The van der Waals surface area contributed by atoms with E-state index in [-0.39, 0.29) is 5.91 Å². The first-order valence-corrected chi connectivity index (χ1v) is 8.02. The van der Waals surface area contributed by atoms with Crippen molar-refractivity contribution in [1.82, 2.24) is 4.98 Å². The van der Waals surface area contributed by atoms with Gasteiger partial charge < -0.3 is 14.8 Å². The molecule has 0 saturated carbocycles. The molecule has 0 unspecified atom stereocenters. The van der Waals surface area contributed by atoms with Crippen molar-refractivity contribution in [2.24, 2.45) is 0 Å². The molecule has 4 rings (SSSR count). The molecule has 0 radical (unpaired) electrons. The number of ether oxygens (including phenoxy) is 2. The second-order valence-corrected chi connectivity index (χ2v) is 5.61. The van der Waals surface area contributed by atoms with Crippen LogP contribution < -0.4 is 14.8 Å². The van der Waals surface area contributed by atoms with Crippen LogP contribution in [0.4, 0.5) is 5.69 Å². The number of hydrogen-bond donors (Lipinski definition) is 1. The highest BCUT2D eigenvalue weighted by atomic mass is 16.6. The van der Waals surface area contributed by atoms with Crippen LogP contribution in [0.3, 0.4) is 0 Å². The van der Waals surface area contributed by atoms with Gasteiger partial charge in [0.05, 0.1) is 11.3 Å². The highest BCUT2D eigenvalue weighted by Gasteiger charge is 2.13. The maximum absolute atomic E-state index is 12.4. The van der Waals surface area contributed by atoms with Gasteiger partial charge in [0.25, 0.3) is 5.91 Å². The van der Waals surface area contributed by atoms with Gasteiger partial charge in [0.15, 0.2) is 11.5 Å². The quantitative estimate of drug-likeness (QED) is 0.793. The van der Waals surface area contributed by atoms with E-state index in [1.807, 2.05) is 36.4 Å². The first-order chi connectivity index (χ1) is 12.3. The summed E-state index contributed by atoms with van der Waals surface area (Å²) in [7, 11) is 0. The van der Waals surface area contributed by atoms with Gasteiger partial charge in [-0.2, -0.15) is 0 Å². The Hall–Kier alpha value is -3.34. The fraction of sp³-hybridized carbons (Fsp3) is 0.100. The number of rotatable bonds is 3. The second-order valence-electron chi connectivity index (χ2n) is 5.61. The van der Waals surface area contributed by atoms with E-state index in [2.05, 4.69) is 10.3 Å². The fourth-order valence-corrected chi connectivity index (χ4v) is 2.63. The number of hydrogen-bond acceptors (Lipinski definition) is 4. The molecule has 5 nitrogen and oxygen atoms in total. The molecule has 1 N–H and O–H groups in total. The Labute approximate surface area is 145 Å². The first-order valence-electron chi connectivity index (χ1n) is 8.02. The number of pyridine rings is 1. The molecule has 124 valence electrons. The number of nitrogens with one attached hydrogen (secondary N) is 1. The van der Waals surface area contributed by atoms with E-state index in [0.29, 0.717) is 36.0 Å². The lowest BCUT2D eigenvalue weighted by Crippen LogP contribution is -2.16. The van der Waals surface area contributed by atoms with Crippen molar-refractivity contribution in [3.63, 3.8) is 0 Å². The van der Waals surface area contributed by atoms with E-state index in [9.17, 15) is 4.79 Å². The van der Waals surface area contributed by atoms with Crippen LogP contribution in [0.1, 0.15) is 10.4 Å². The normalized spacial score (nSPS) is 12.5. The number of benzene rings is 2. The van der Waals surface area contributed by atoms with Crippen molar-refractivity contribution in [2.75, 3.05) is 18.5 Å². The molecule has 3 aromatic rings. The fourth-order valence-electron chi connectivity index (χ4n) is 2.63. The molecule has 2 aromatic carbocycles. The number of anilines is 1. The van der Waals surface area contributed by atoms with Crippen LogP contribution in [0.15, 0.2) is 66.9 Å². The Morgan fingerprint density at radius 2 is 1.72 bits per heavy atom. The van der Waals surface area contributed by atoms with Gasteiger partial charge in [0, 0.05) is 23.5 Å². The standard InChI is InChI=1S/C20H16N2O3/c23-20(22-16-7-9-18-19(12-16)25-11-10-24-18)15-6-8-17(21-13-15)14-4-2-1-3-5-14/h1-9,12-13H,10-11H2,(H,22,23). The van der Waals surface area contributed by atoms with Gasteiger partial charge in [-0.3, -0.25) is 9.78 Å². The molecule has 0 saturated heterocycles. The largest absolute Gasteiger partial charge is 0.486 e. The highest BCUT2D eigenvalue weighted by Crippen LogP contribution is 2.32. The molecular formula is C20H16N2O3. The van der Waals surface area contributed by atoms with Gasteiger partial charge >= 0.3 is 0 Å². The van der Waals surface area contributed by atoms with Crippen molar-refractivity contribution in [3.05, 3.63) is 72.4 Å². The maximum atomic E-state index is 12.4. The highest BCUT2D eigenvalue weighted by molar-refractivity contribution is 6.04. The number of aromatic nitrogens is 1. The minimum absolute atomic E-state index is 0.219. The van der Waals surface area contributed by atoms with E-state index in [0.717, 1.165) is 11.3 Å². The van der Waals surface area contributed by atoms with Gasteiger partial charge in [0.2, 0.25) is 0 Å². The summed E-state index contributed by atoms with van der Waals surface area (Å²) in [4.78, 5) is 16.8. The monoisotopic (exact) mass is 332 g/mol. The molecule has 1 aliphatic rings. The summed E-state index contributed by atoms with van der Waals surface area (Å²) in [5.74, 6) is 1.11. The predicted molar refractivity (Wildman–Crippen MR) is 95.1 cm³/mol. The number of carbonyl (C=O) groups excluding carboxylic acids is 1. The zero-order chi connectivity index (χ0) is 17.1. The van der Waals surface area contributed by atoms with Crippen molar-refractivity contribution in [1.29, 1.82) is 0 Å². The third-order valence-electron chi connectivity index (χ3n) is 3.90. The van der Waals surface area contributed by atoms with E-state index in [1.54, 1.807) is 30.5 Å². The second kappa shape index (κ2) is 6.65. The third-order valence-corrected chi connectivity index (χ3v) is 3.90. The van der Waals surface area contributed by atoms with Crippen molar-refractivity contribution in [3.8, 4) is 22.8 Å². The van der Waals surface area contributed by atoms with Crippen molar-refractivity contribution >= 4 is 11.6 Å². The number of nitrogens with zero attached hydrogens (tertiary/aromatic N) is 1. The molecule has 5 heteroatoms. The Kier molecular flexibility index (Phi) is 4.04. The zero-order valence-corrected chi connectivity index (χ0v) is 13.4. The predicted octanol–water partition coefficient (Wildman–Crippen LogP) is 3.77. The Bertz CT molecular complexity index is 893. The van der Waals surface area contributed by atoms with Crippen LogP contribution in [-0.4, -0.2) is 24.1 Å². The molecular weight excluding hydrogens is 316 g/mol. The minimum atomic E-state index is -0.219. The lowest BCUT2D eigenvalue weighted by atomic mass is 10.1. The first kappa shape index (κ1) is 15.2. The zero-order valence-electron chi connectivity index (χ0n) is 13.4. The van der Waals surface area contributed by atoms with Gasteiger partial charge in [0.1, 0.15) is 13.2 Å². The van der Waals surface area contributed by atoms with Gasteiger partial charge in [-0.05, 0) is 24.3 Å². The van der Waals surface area contributed by atoms with Gasteiger partial charge in [-0.25, -0.2) is 0 Å². The molecule has 1 aliphatic heterocycles. The molecule has 0 bridgehead atoms. The van der Waals surface area contributed by atoms with Crippen molar-refractivity contribution < 1.29 is 14.3 Å². The molecule has 0 spiro atoms. The van der Waals surface area contributed by atoms with Crippen LogP contribution in [0.5, 0.6) is 11.5 Å². The number of fused-ring (bicyclic) bond motifs is 1. The van der Waals surface area contributed by atoms with E-state index < -0.39 is 0 Å². The molecule has 0 aliphatic carbocycles. The summed E-state index contributed by atoms with van der Waals surface area (Å²) in [5.41, 5.74) is 2.99. The summed E-state index contributed by atoms with van der Waals surface area (Å²) < 4.78 is 11.0. The Balaban J connectivity index is 1.49. The summed E-state index contributed by atoms with van der Waals surface area (Å²) in [6, 6.07) is 18.8. The lowest BCUT2D eigenvalue weighted by molar-refractivity contribution is 0.102. The Morgan fingerprint density at radius 3 is 2.48 bits per heavy atom. The summed E-state index contributed by atoms with van der Waals surface area (Å²) in [6.07, 6.45) is 1.58. The maximum Gasteiger partial charge on any atom is 0.257 e. The third kappa shape index (κ3) is 3.30. The van der Waals surface area contributed by atoms with E-state index >= 15 is 0 Å². The van der Waals surface area contributed by atoms with Gasteiger partial charge in [-0.1, -0.05) is 30.3 Å². The van der Waals surface area contributed by atoms with Crippen LogP contribution in [0.2, 0.25) is 0 Å². The van der Waals surface area contributed by atoms with E-state index in [1.165, 1.54) is 0 Å². The molecule has 1 amide bonds. The average Bonchev–Trinajstić information content (AvgIpc) is 2.69. The summed E-state index contributed by atoms with van der Waals surface area (Å²) in [5, 5.41) is 2.85. The average molecular weight is 332 g/mol. The van der Waals surface area contributed by atoms with Crippen LogP contribution in [0.25, 0.3) is 11.3 Å². The van der Waals surface area contributed by atoms with Crippen LogP contribution >= 0.6 is 0 Å². The smallest absolute Gasteiger partial charge is 0.257 e. The number of carbonyl (C=O) groups is 1. The topological polar surface area (TPSA) is 60.5 Å². The summed E-state index contributed by atoms with van der Waals surface area (Å²) >= 11 is 0. The SMILES string of the molecule is O=C(Nc1ccc2c(c1)OCCO2)c1ccc(-c2ccccc2)nc1. The summed E-state index contributed by atoms with van der Waals surface area (Å²) in [6.45, 7) is 1.05. The van der Waals surface area contributed by atoms with Crippen molar-refractivity contribution in [2.45, 2.75) is 0 Å². The van der Waals surface area contributed by atoms with Crippen LogP contribution in [0, 0.1) is 0 Å². The molecule has 2 heterocycles. The lowest BCUT2D eigenvalue weighted by Gasteiger charge is -2.19. The molecule has 0 atom stereocenters. The molecule has 1 aromatic heterocycles. The number of amides is 1. The van der Waals surface area contributed by atoms with E-state index in [4.69, 9.17) is 9.47 Å².